The van der Waals surface area contributed by atoms with Crippen LogP contribution in [-0.4, -0.2) is 18.8 Å². The highest BCUT2D eigenvalue weighted by Crippen LogP contribution is 2.15. The smallest absolute Gasteiger partial charge is 0.0340 e. The van der Waals surface area contributed by atoms with Crippen LogP contribution in [-0.2, 0) is 5.75 Å². The van der Waals surface area contributed by atoms with Crippen LogP contribution >= 0.6 is 11.8 Å². The average molecular weight is 266 g/mol. The summed E-state index contributed by atoms with van der Waals surface area (Å²) >= 11 is 1.97. The van der Waals surface area contributed by atoms with Gasteiger partial charge in [-0.1, -0.05) is 31.9 Å². The number of hydrogen-bond donors (Lipinski definition) is 2. The lowest BCUT2D eigenvalue weighted by Crippen LogP contribution is -2.02. The van der Waals surface area contributed by atoms with E-state index in [4.69, 9.17) is 5.73 Å². The van der Waals surface area contributed by atoms with E-state index < -0.39 is 0 Å². The van der Waals surface area contributed by atoms with Crippen molar-refractivity contribution in [1.29, 1.82) is 0 Å². The van der Waals surface area contributed by atoms with Crippen LogP contribution in [0.3, 0.4) is 0 Å². The molecule has 0 aromatic heterocycles. The fourth-order valence-electron chi connectivity index (χ4n) is 1.79. The van der Waals surface area contributed by atoms with E-state index in [1.54, 1.807) is 0 Å². The normalized spacial score (nSPS) is 10.6. The highest BCUT2D eigenvalue weighted by atomic mass is 32.2. The van der Waals surface area contributed by atoms with Crippen molar-refractivity contribution in [2.24, 2.45) is 5.73 Å². The predicted octanol–water partition coefficient (Wildman–Crippen LogP) is 3.87. The van der Waals surface area contributed by atoms with Crippen LogP contribution < -0.4 is 11.1 Å². The Balaban J connectivity index is 2.14. The van der Waals surface area contributed by atoms with Gasteiger partial charge >= 0.3 is 0 Å². The van der Waals surface area contributed by atoms with Crippen LogP contribution in [0.1, 0.15) is 38.2 Å². The third-order valence-electron chi connectivity index (χ3n) is 2.89. The Morgan fingerprint density at radius 1 is 1.06 bits per heavy atom. The molecule has 0 aliphatic carbocycles. The minimum Gasteiger partial charge on any atom is -0.385 e. The van der Waals surface area contributed by atoms with Crippen molar-refractivity contribution in [3.63, 3.8) is 0 Å². The van der Waals surface area contributed by atoms with Crippen molar-refractivity contribution in [2.45, 2.75) is 38.4 Å². The zero-order valence-electron chi connectivity index (χ0n) is 11.5. The Bertz CT molecular complexity index is 298. The van der Waals surface area contributed by atoms with Gasteiger partial charge in [-0.25, -0.2) is 0 Å². The molecule has 102 valence electrons. The lowest BCUT2D eigenvalue weighted by Gasteiger charge is -2.07. The molecule has 0 unspecified atom stereocenters. The molecule has 0 fully saturated rings. The van der Waals surface area contributed by atoms with Gasteiger partial charge in [0.25, 0.3) is 0 Å². The number of thioether (sulfide) groups is 1. The van der Waals surface area contributed by atoms with Gasteiger partial charge in [-0.3, -0.25) is 0 Å². The molecule has 0 spiro atoms. The largest absolute Gasteiger partial charge is 0.385 e. The second-order valence-electron chi connectivity index (χ2n) is 4.46. The molecule has 3 N–H and O–H groups in total. The zero-order chi connectivity index (χ0) is 13.1. The molecule has 1 aromatic carbocycles. The SMILES string of the molecule is CCSCc1ccc(NCCCCCCN)cc1. The molecule has 2 nitrogen and oxygen atoms in total. The Kier molecular flexibility index (Phi) is 8.78. The second kappa shape index (κ2) is 10.3. The van der Waals surface area contributed by atoms with Crippen molar-refractivity contribution >= 4 is 17.4 Å². The first kappa shape index (κ1) is 15.4. The molecular weight excluding hydrogens is 240 g/mol. The van der Waals surface area contributed by atoms with Gasteiger partial charge in [0.15, 0.2) is 0 Å². The number of anilines is 1. The molecule has 0 amide bonds. The van der Waals surface area contributed by atoms with Crippen molar-refractivity contribution in [3.8, 4) is 0 Å². The van der Waals surface area contributed by atoms with Crippen LogP contribution in [0.2, 0.25) is 0 Å². The molecule has 0 aliphatic heterocycles. The van der Waals surface area contributed by atoms with Crippen LogP contribution in [0.25, 0.3) is 0 Å². The average Bonchev–Trinajstić information content (AvgIpc) is 2.42. The fourth-order valence-corrected chi connectivity index (χ4v) is 2.43. The van der Waals surface area contributed by atoms with Gasteiger partial charge in [0.1, 0.15) is 0 Å². The van der Waals surface area contributed by atoms with Gasteiger partial charge in [-0.05, 0) is 42.8 Å². The van der Waals surface area contributed by atoms with E-state index >= 15 is 0 Å². The summed E-state index contributed by atoms with van der Waals surface area (Å²) in [6, 6.07) is 8.82. The van der Waals surface area contributed by atoms with Crippen LogP contribution in [0.5, 0.6) is 0 Å². The van der Waals surface area contributed by atoms with E-state index in [1.165, 1.54) is 36.3 Å². The van der Waals surface area contributed by atoms with E-state index in [0.717, 1.165) is 25.3 Å². The van der Waals surface area contributed by atoms with Crippen LogP contribution in [0, 0.1) is 0 Å². The van der Waals surface area contributed by atoms with Gasteiger partial charge in [-0.15, -0.1) is 0 Å². The number of benzene rings is 1. The van der Waals surface area contributed by atoms with E-state index in [2.05, 4.69) is 36.5 Å². The topological polar surface area (TPSA) is 38.0 Å². The quantitative estimate of drug-likeness (QED) is 0.631. The van der Waals surface area contributed by atoms with Gasteiger partial charge in [0.05, 0.1) is 0 Å². The number of hydrogen-bond acceptors (Lipinski definition) is 3. The summed E-state index contributed by atoms with van der Waals surface area (Å²) in [4.78, 5) is 0. The van der Waals surface area contributed by atoms with Gasteiger partial charge in [0, 0.05) is 18.0 Å². The second-order valence-corrected chi connectivity index (χ2v) is 5.74. The van der Waals surface area contributed by atoms with E-state index in [1.807, 2.05) is 11.8 Å². The van der Waals surface area contributed by atoms with Gasteiger partial charge in [-0.2, -0.15) is 11.8 Å². The van der Waals surface area contributed by atoms with Crippen LogP contribution in [0.4, 0.5) is 5.69 Å². The maximum Gasteiger partial charge on any atom is 0.0340 e. The predicted molar refractivity (Wildman–Crippen MR) is 84.3 cm³/mol. The number of nitrogens with two attached hydrogens (primary N) is 1. The molecule has 0 radical (unpaired) electrons. The lowest BCUT2D eigenvalue weighted by molar-refractivity contribution is 0.661. The molecule has 18 heavy (non-hydrogen) atoms. The minimum absolute atomic E-state index is 0.824. The zero-order valence-corrected chi connectivity index (χ0v) is 12.3. The molecule has 3 heteroatoms. The summed E-state index contributed by atoms with van der Waals surface area (Å²) in [6.45, 7) is 4.09. The molecule has 1 rings (SSSR count). The summed E-state index contributed by atoms with van der Waals surface area (Å²) in [7, 11) is 0. The fraction of sp³-hybridized carbons (Fsp3) is 0.600. The first-order chi connectivity index (χ1) is 8.86. The molecule has 0 atom stereocenters. The summed E-state index contributed by atoms with van der Waals surface area (Å²) in [5.74, 6) is 2.30. The van der Waals surface area contributed by atoms with Crippen molar-refractivity contribution in [2.75, 3.05) is 24.2 Å². The Labute approximate surface area is 116 Å². The Hall–Kier alpha value is -0.670. The highest BCUT2D eigenvalue weighted by Gasteiger charge is 1.95. The van der Waals surface area contributed by atoms with Crippen LogP contribution in [0.15, 0.2) is 24.3 Å². The number of nitrogens with one attached hydrogen (secondary N) is 1. The Morgan fingerprint density at radius 2 is 1.78 bits per heavy atom. The molecule has 1 aromatic rings. The summed E-state index contributed by atoms with van der Waals surface area (Å²) in [5, 5.41) is 3.47. The lowest BCUT2D eigenvalue weighted by atomic mass is 10.2. The third kappa shape index (κ3) is 6.92. The molecule has 0 saturated carbocycles. The maximum atomic E-state index is 5.47. The van der Waals surface area contributed by atoms with E-state index in [9.17, 15) is 0 Å². The van der Waals surface area contributed by atoms with Gasteiger partial charge < -0.3 is 11.1 Å². The first-order valence-electron chi connectivity index (χ1n) is 6.97. The minimum atomic E-state index is 0.824. The number of rotatable bonds is 10. The monoisotopic (exact) mass is 266 g/mol. The molecule has 0 bridgehead atoms. The summed E-state index contributed by atoms with van der Waals surface area (Å²) < 4.78 is 0. The number of unbranched alkanes of at least 4 members (excludes halogenated alkanes) is 3. The molecule has 0 aliphatic rings. The van der Waals surface area contributed by atoms with Crippen molar-refractivity contribution < 1.29 is 0 Å². The van der Waals surface area contributed by atoms with Gasteiger partial charge in [0.2, 0.25) is 0 Å². The Morgan fingerprint density at radius 3 is 2.44 bits per heavy atom. The summed E-state index contributed by atoms with van der Waals surface area (Å²) in [6.07, 6.45) is 4.91. The standard InChI is InChI=1S/C15H26N2S/c1-2-18-13-14-7-9-15(10-8-14)17-12-6-4-3-5-11-16/h7-10,17H,2-6,11-13,16H2,1H3. The first-order valence-corrected chi connectivity index (χ1v) is 8.13. The molecule has 0 heterocycles. The third-order valence-corrected chi connectivity index (χ3v) is 3.83. The molecule has 0 saturated heterocycles. The van der Waals surface area contributed by atoms with Crippen molar-refractivity contribution in [3.05, 3.63) is 29.8 Å². The highest BCUT2D eigenvalue weighted by molar-refractivity contribution is 7.98. The molecular formula is C15H26N2S. The van der Waals surface area contributed by atoms with E-state index in [-0.39, 0.29) is 0 Å². The maximum absolute atomic E-state index is 5.47. The van der Waals surface area contributed by atoms with Crippen molar-refractivity contribution in [1.82, 2.24) is 0 Å². The van der Waals surface area contributed by atoms with E-state index in [0.29, 0.717) is 0 Å². The summed E-state index contributed by atoms with van der Waals surface area (Å²) in [5.41, 5.74) is 8.11.